The number of nitrogens with two attached hydrogens (primary N) is 2. The molecule has 0 spiro atoms. The summed E-state index contributed by atoms with van der Waals surface area (Å²) in [5.41, 5.74) is 9.47. The summed E-state index contributed by atoms with van der Waals surface area (Å²) >= 11 is 0. The number of carbonyl (C=O) groups is 2. The van der Waals surface area contributed by atoms with Crippen LogP contribution in [0.1, 0.15) is 0 Å². The smallest absolute Gasteiger partial charge is 0.320 e. The normalized spacial score (nSPS) is 8.56. The van der Waals surface area contributed by atoms with Gasteiger partial charge in [-0.1, -0.05) is 0 Å². The lowest BCUT2D eigenvalue weighted by molar-refractivity contribution is -0.146. The second-order valence-corrected chi connectivity index (χ2v) is 1.33. The summed E-state index contributed by atoms with van der Waals surface area (Å²) in [7, 11) is 0. The van der Waals surface area contributed by atoms with Crippen molar-refractivity contribution in [2.45, 2.75) is 0 Å². The summed E-state index contributed by atoms with van der Waals surface area (Å²) in [5.74, 6) is -1.31. The van der Waals surface area contributed by atoms with E-state index in [0.717, 1.165) is 0 Å². The molecule has 0 fully saturated rings. The fourth-order valence-electron chi connectivity index (χ4n) is 0.211. The Kier molecular flexibility index (Phi) is 3.38. The molecular weight excluding hydrogens is 124 g/mol. The molecule has 0 radical (unpaired) electrons. The van der Waals surface area contributed by atoms with Gasteiger partial charge < -0.3 is 16.2 Å². The van der Waals surface area contributed by atoms with Crippen molar-refractivity contribution in [3.05, 3.63) is 0 Å². The van der Waals surface area contributed by atoms with E-state index in [9.17, 15) is 9.59 Å². The van der Waals surface area contributed by atoms with Gasteiger partial charge in [-0.2, -0.15) is 0 Å². The molecule has 0 unspecified atom stereocenters. The van der Waals surface area contributed by atoms with E-state index < -0.39 is 18.5 Å². The number of carbonyl (C=O) groups excluding carboxylic acids is 2. The van der Waals surface area contributed by atoms with Crippen LogP contribution in [0, 0.1) is 0 Å². The van der Waals surface area contributed by atoms with Gasteiger partial charge in [0.1, 0.15) is 0 Å². The molecule has 0 aromatic rings. The molecule has 0 bridgehead atoms. The van der Waals surface area contributed by atoms with E-state index in [2.05, 4.69) is 10.5 Å². The number of esters is 1. The number of hydrogen-bond donors (Lipinski definition) is 2. The molecule has 9 heavy (non-hydrogen) atoms. The maximum absolute atomic E-state index is 10.2. The zero-order valence-corrected chi connectivity index (χ0v) is 4.79. The number of rotatable bonds is 3. The maximum Gasteiger partial charge on any atom is 0.320 e. The van der Waals surface area contributed by atoms with Crippen molar-refractivity contribution in [1.82, 2.24) is 0 Å². The monoisotopic (exact) mass is 132 g/mol. The molecule has 0 aromatic carbocycles. The van der Waals surface area contributed by atoms with Crippen LogP contribution in [0.2, 0.25) is 0 Å². The standard InChI is InChI=1S/C4H8N2O3/c5-1-4(8)9-2-3(6)7/h1-2,5H2,(H2,6,7). The molecule has 0 aliphatic rings. The molecule has 0 saturated heterocycles. The lowest BCUT2D eigenvalue weighted by Gasteiger charge is -1.96. The molecule has 0 aliphatic heterocycles. The molecule has 0 heterocycles. The van der Waals surface area contributed by atoms with E-state index in [4.69, 9.17) is 5.73 Å². The third kappa shape index (κ3) is 4.76. The Balaban J connectivity index is 3.28. The van der Waals surface area contributed by atoms with Crippen LogP contribution < -0.4 is 11.5 Å². The van der Waals surface area contributed by atoms with Gasteiger partial charge in [-0.25, -0.2) is 0 Å². The number of primary amides is 1. The first kappa shape index (κ1) is 7.90. The van der Waals surface area contributed by atoms with Gasteiger partial charge in [0.2, 0.25) is 0 Å². The molecule has 0 rings (SSSR count). The van der Waals surface area contributed by atoms with Crippen LogP contribution in [-0.4, -0.2) is 25.0 Å². The second-order valence-electron chi connectivity index (χ2n) is 1.33. The van der Waals surface area contributed by atoms with Crippen molar-refractivity contribution in [1.29, 1.82) is 0 Å². The quantitative estimate of drug-likeness (QED) is 0.433. The van der Waals surface area contributed by atoms with Crippen molar-refractivity contribution in [3.63, 3.8) is 0 Å². The van der Waals surface area contributed by atoms with Crippen LogP contribution in [0.25, 0.3) is 0 Å². The Bertz CT molecular complexity index is 123. The van der Waals surface area contributed by atoms with E-state index in [1.807, 2.05) is 0 Å². The average Bonchev–Trinajstić information content (AvgIpc) is 1.83. The van der Waals surface area contributed by atoms with Gasteiger partial charge in [0.15, 0.2) is 6.61 Å². The molecule has 0 aromatic heterocycles. The Morgan fingerprint density at radius 2 is 2.00 bits per heavy atom. The Morgan fingerprint density at radius 3 is 2.33 bits per heavy atom. The first-order chi connectivity index (χ1) is 4.16. The van der Waals surface area contributed by atoms with Gasteiger partial charge in [0.05, 0.1) is 6.54 Å². The number of hydrogen-bond acceptors (Lipinski definition) is 4. The van der Waals surface area contributed by atoms with Gasteiger partial charge in [0.25, 0.3) is 5.91 Å². The van der Waals surface area contributed by atoms with Gasteiger partial charge >= 0.3 is 5.97 Å². The Labute approximate surface area is 52.0 Å². The van der Waals surface area contributed by atoms with E-state index in [-0.39, 0.29) is 6.54 Å². The van der Waals surface area contributed by atoms with E-state index >= 15 is 0 Å². The predicted octanol–water partition coefficient (Wildman–Crippen LogP) is -2.03. The topological polar surface area (TPSA) is 95.4 Å². The first-order valence-electron chi connectivity index (χ1n) is 2.31. The largest absolute Gasteiger partial charge is 0.455 e. The van der Waals surface area contributed by atoms with Gasteiger partial charge in [-0.05, 0) is 0 Å². The van der Waals surface area contributed by atoms with Crippen LogP contribution in [0.5, 0.6) is 0 Å². The minimum Gasteiger partial charge on any atom is -0.455 e. The first-order valence-corrected chi connectivity index (χ1v) is 2.31. The number of ether oxygens (including phenoxy) is 1. The highest BCUT2D eigenvalue weighted by molar-refractivity contribution is 5.79. The predicted molar refractivity (Wildman–Crippen MR) is 29.2 cm³/mol. The third-order valence-electron chi connectivity index (χ3n) is 0.542. The lowest BCUT2D eigenvalue weighted by atomic mass is 10.6. The molecule has 5 nitrogen and oxygen atoms in total. The highest BCUT2D eigenvalue weighted by Gasteiger charge is 1.99. The van der Waals surface area contributed by atoms with Gasteiger partial charge in [-0.15, -0.1) is 0 Å². The highest BCUT2D eigenvalue weighted by atomic mass is 16.5. The minimum atomic E-state index is -0.684. The highest BCUT2D eigenvalue weighted by Crippen LogP contribution is 1.72. The van der Waals surface area contributed by atoms with Gasteiger partial charge in [0, 0.05) is 0 Å². The van der Waals surface area contributed by atoms with Crippen LogP contribution in [0.4, 0.5) is 0 Å². The molecule has 0 atom stereocenters. The molecule has 0 saturated carbocycles. The van der Waals surface area contributed by atoms with Crippen LogP contribution in [-0.2, 0) is 14.3 Å². The van der Waals surface area contributed by atoms with Crippen molar-refractivity contribution < 1.29 is 14.3 Å². The summed E-state index contributed by atoms with van der Waals surface area (Å²) in [6, 6.07) is 0. The summed E-state index contributed by atoms with van der Waals surface area (Å²) in [5, 5.41) is 0. The molecule has 0 aliphatic carbocycles. The number of amides is 1. The molecule has 1 amide bonds. The fraction of sp³-hybridized carbons (Fsp3) is 0.500. The fourth-order valence-corrected chi connectivity index (χ4v) is 0.211. The molecule has 4 N–H and O–H groups in total. The average molecular weight is 132 g/mol. The summed E-state index contributed by atoms with van der Waals surface area (Å²) in [6.45, 7) is -0.622. The zero-order valence-electron chi connectivity index (χ0n) is 4.79. The zero-order chi connectivity index (χ0) is 7.28. The second kappa shape index (κ2) is 3.85. The van der Waals surface area contributed by atoms with Crippen LogP contribution in [0.3, 0.4) is 0 Å². The van der Waals surface area contributed by atoms with E-state index in [0.29, 0.717) is 0 Å². The van der Waals surface area contributed by atoms with Crippen molar-refractivity contribution >= 4 is 11.9 Å². The van der Waals surface area contributed by atoms with E-state index in [1.54, 1.807) is 0 Å². The summed E-state index contributed by atoms with van der Waals surface area (Å²) in [6.07, 6.45) is 0. The molecule has 52 valence electrons. The van der Waals surface area contributed by atoms with Crippen LogP contribution in [0.15, 0.2) is 0 Å². The molecular formula is C4H8N2O3. The summed E-state index contributed by atoms with van der Waals surface area (Å²) < 4.78 is 4.21. The maximum atomic E-state index is 10.2. The Morgan fingerprint density at radius 1 is 1.44 bits per heavy atom. The van der Waals surface area contributed by atoms with E-state index in [1.165, 1.54) is 0 Å². The lowest BCUT2D eigenvalue weighted by Crippen LogP contribution is -2.24. The van der Waals surface area contributed by atoms with Crippen molar-refractivity contribution in [2.75, 3.05) is 13.2 Å². The van der Waals surface area contributed by atoms with Gasteiger partial charge in [-0.3, -0.25) is 9.59 Å². The van der Waals surface area contributed by atoms with Crippen molar-refractivity contribution in [3.8, 4) is 0 Å². The van der Waals surface area contributed by atoms with Crippen molar-refractivity contribution in [2.24, 2.45) is 11.5 Å². The Hall–Kier alpha value is -1.10. The summed E-state index contributed by atoms with van der Waals surface area (Å²) in [4.78, 5) is 20.1. The third-order valence-corrected chi connectivity index (χ3v) is 0.542. The SMILES string of the molecule is NCC(=O)OCC(N)=O. The molecule has 5 heteroatoms. The minimum absolute atomic E-state index is 0.229. The van der Waals surface area contributed by atoms with Crippen LogP contribution >= 0.6 is 0 Å².